The van der Waals surface area contributed by atoms with Crippen molar-refractivity contribution in [2.75, 3.05) is 25.0 Å². The Morgan fingerprint density at radius 2 is 2.23 bits per heavy atom. The van der Waals surface area contributed by atoms with E-state index >= 15 is 0 Å². The van der Waals surface area contributed by atoms with Crippen LogP contribution in [0.2, 0.25) is 0 Å². The molecule has 1 saturated heterocycles. The zero-order chi connectivity index (χ0) is 14.7. The highest BCUT2D eigenvalue weighted by molar-refractivity contribution is 5.96. The molecule has 0 bridgehead atoms. The molecule has 0 spiro atoms. The number of anilines is 1. The van der Waals surface area contributed by atoms with Crippen LogP contribution in [0.3, 0.4) is 0 Å². The van der Waals surface area contributed by atoms with Crippen molar-refractivity contribution in [3.05, 3.63) is 42.2 Å². The fourth-order valence-electron chi connectivity index (χ4n) is 2.28. The van der Waals surface area contributed by atoms with E-state index in [1.165, 1.54) is 0 Å². The minimum absolute atomic E-state index is 0. The lowest BCUT2D eigenvalue weighted by molar-refractivity contribution is -0.128. The lowest BCUT2D eigenvalue weighted by Crippen LogP contribution is -2.45. The van der Waals surface area contributed by atoms with Gasteiger partial charge in [-0.05, 0) is 25.1 Å². The monoisotopic (exact) mass is 322 g/mol. The second-order valence-corrected chi connectivity index (χ2v) is 4.97. The number of nitrogens with zero attached hydrogens (tertiary/aromatic N) is 2. The van der Waals surface area contributed by atoms with Gasteiger partial charge in [0.05, 0.1) is 23.7 Å². The van der Waals surface area contributed by atoms with Crippen molar-refractivity contribution in [3.63, 3.8) is 0 Å². The minimum atomic E-state index is -0.453. The van der Waals surface area contributed by atoms with Crippen LogP contribution in [0, 0.1) is 6.92 Å². The number of carbonyl (C=O) groups is 1. The van der Waals surface area contributed by atoms with E-state index in [-0.39, 0.29) is 18.3 Å². The Bertz CT molecular complexity index is 638. The third-order valence-electron chi connectivity index (χ3n) is 3.35. The SMILES string of the molecule is Cc1ccn(-c2ccccc2NC(=O)C2CNCCO2)n1.Cl. The van der Waals surface area contributed by atoms with Gasteiger partial charge in [0.1, 0.15) is 6.10 Å². The quantitative estimate of drug-likeness (QED) is 0.899. The van der Waals surface area contributed by atoms with E-state index in [4.69, 9.17) is 4.74 Å². The van der Waals surface area contributed by atoms with Gasteiger partial charge in [0.15, 0.2) is 0 Å². The molecule has 1 aliphatic rings. The molecule has 2 aromatic rings. The zero-order valence-corrected chi connectivity index (χ0v) is 13.1. The van der Waals surface area contributed by atoms with Gasteiger partial charge in [-0.1, -0.05) is 12.1 Å². The van der Waals surface area contributed by atoms with Gasteiger partial charge >= 0.3 is 0 Å². The van der Waals surface area contributed by atoms with Crippen molar-refractivity contribution in [1.82, 2.24) is 15.1 Å². The molecule has 0 radical (unpaired) electrons. The van der Waals surface area contributed by atoms with Gasteiger partial charge in [-0.3, -0.25) is 4.79 Å². The van der Waals surface area contributed by atoms with E-state index in [9.17, 15) is 4.79 Å². The molecule has 1 aliphatic heterocycles. The molecule has 1 fully saturated rings. The smallest absolute Gasteiger partial charge is 0.254 e. The van der Waals surface area contributed by atoms with E-state index in [1.807, 2.05) is 43.5 Å². The van der Waals surface area contributed by atoms with E-state index in [2.05, 4.69) is 15.7 Å². The molecule has 1 aromatic heterocycles. The Labute approximate surface area is 135 Å². The number of hydrogen-bond donors (Lipinski definition) is 2. The van der Waals surface area contributed by atoms with Crippen molar-refractivity contribution in [3.8, 4) is 5.69 Å². The van der Waals surface area contributed by atoms with Gasteiger partial charge in [0.2, 0.25) is 0 Å². The van der Waals surface area contributed by atoms with Crippen LogP contribution in [0.15, 0.2) is 36.5 Å². The number of aromatic nitrogens is 2. The molecule has 6 nitrogen and oxygen atoms in total. The standard InChI is InChI=1S/C15H18N4O2.ClH/c1-11-6-8-19(18-11)13-5-3-2-4-12(13)17-15(20)14-10-16-7-9-21-14;/h2-6,8,14,16H,7,9-10H2,1H3,(H,17,20);1H. The molecule has 0 aliphatic carbocycles. The molecular weight excluding hydrogens is 304 g/mol. The number of nitrogens with one attached hydrogen (secondary N) is 2. The first kappa shape index (κ1) is 16.5. The molecule has 0 saturated carbocycles. The Morgan fingerprint density at radius 1 is 1.41 bits per heavy atom. The summed E-state index contributed by atoms with van der Waals surface area (Å²) in [6.45, 7) is 3.80. The normalized spacial score (nSPS) is 17.6. The van der Waals surface area contributed by atoms with Gasteiger partial charge in [0, 0.05) is 19.3 Å². The van der Waals surface area contributed by atoms with Crippen molar-refractivity contribution < 1.29 is 9.53 Å². The number of rotatable bonds is 3. The summed E-state index contributed by atoms with van der Waals surface area (Å²) in [7, 11) is 0. The molecule has 1 atom stereocenters. The van der Waals surface area contributed by atoms with Crippen LogP contribution in [-0.4, -0.2) is 41.5 Å². The first-order chi connectivity index (χ1) is 10.2. The number of morpholine rings is 1. The maximum absolute atomic E-state index is 12.3. The average molecular weight is 323 g/mol. The van der Waals surface area contributed by atoms with Crippen LogP contribution >= 0.6 is 12.4 Å². The van der Waals surface area contributed by atoms with Crippen molar-refractivity contribution in [2.45, 2.75) is 13.0 Å². The number of ether oxygens (including phenoxy) is 1. The fourth-order valence-corrected chi connectivity index (χ4v) is 2.28. The summed E-state index contributed by atoms with van der Waals surface area (Å²) in [6, 6.07) is 9.51. The molecule has 7 heteroatoms. The fraction of sp³-hybridized carbons (Fsp3) is 0.333. The summed E-state index contributed by atoms with van der Waals surface area (Å²) >= 11 is 0. The summed E-state index contributed by atoms with van der Waals surface area (Å²) in [5, 5.41) is 10.5. The summed E-state index contributed by atoms with van der Waals surface area (Å²) in [4.78, 5) is 12.3. The second kappa shape index (κ2) is 7.40. The molecule has 2 N–H and O–H groups in total. The maximum Gasteiger partial charge on any atom is 0.254 e. The summed E-state index contributed by atoms with van der Waals surface area (Å²) in [5.41, 5.74) is 2.48. The minimum Gasteiger partial charge on any atom is -0.366 e. The topological polar surface area (TPSA) is 68.2 Å². The summed E-state index contributed by atoms with van der Waals surface area (Å²) < 4.78 is 7.22. The molecule has 1 unspecified atom stereocenters. The van der Waals surface area contributed by atoms with E-state index < -0.39 is 6.10 Å². The molecule has 1 aromatic carbocycles. The molecular formula is C15H19ClN4O2. The number of para-hydroxylation sites is 2. The predicted molar refractivity (Wildman–Crippen MR) is 86.8 cm³/mol. The highest BCUT2D eigenvalue weighted by atomic mass is 35.5. The van der Waals surface area contributed by atoms with Gasteiger partial charge < -0.3 is 15.4 Å². The molecule has 2 heterocycles. The van der Waals surface area contributed by atoms with E-state index in [1.54, 1.807) is 4.68 Å². The summed E-state index contributed by atoms with van der Waals surface area (Å²) in [6.07, 6.45) is 1.42. The largest absolute Gasteiger partial charge is 0.366 e. The molecule has 22 heavy (non-hydrogen) atoms. The number of carbonyl (C=O) groups excluding carboxylic acids is 1. The number of aryl methyl sites for hydroxylation is 1. The van der Waals surface area contributed by atoms with Gasteiger partial charge in [-0.25, -0.2) is 4.68 Å². The Morgan fingerprint density at radius 3 is 2.91 bits per heavy atom. The highest BCUT2D eigenvalue weighted by Gasteiger charge is 2.22. The number of hydrogen-bond acceptors (Lipinski definition) is 4. The lowest BCUT2D eigenvalue weighted by atomic mass is 10.2. The van der Waals surface area contributed by atoms with Crippen LogP contribution < -0.4 is 10.6 Å². The first-order valence-electron chi connectivity index (χ1n) is 6.99. The number of benzene rings is 1. The third kappa shape index (κ3) is 3.65. The van der Waals surface area contributed by atoms with Crippen molar-refractivity contribution in [2.24, 2.45) is 0 Å². The Hall–Kier alpha value is -1.89. The van der Waals surface area contributed by atoms with Gasteiger partial charge in [0.25, 0.3) is 5.91 Å². The van der Waals surface area contributed by atoms with Crippen molar-refractivity contribution in [1.29, 1.82) is 0 Å². The second-order valence-electron chi connectivity index (χ2n) is 4.97. The van der Waals surface area contributed by atoms with Crippen LogP contribution in [0.1, 0.15) is 5.69 Å². The highest BCUT2D eigenvalue weighted by Crippen LogP contribution is 2.20. The number of halogens is 1. The Balaban J connectivity index is 0.00000176. The number of amides is 1. The van der Waals surface area contributed by atoms with Crippen LogP contribution in [0.25, 0.3) is 5.69 Å². The predicted octanol–water partition coefficient (Wildman–Crippen LogP) is 1.53. The van der Waals surface area contributed by atoms with Crippen LogP contribution in [0.4, 0.5) is 5.69 Å². The maximum atomic E-state index is 12.3. The molecule has 118 valence electrons. The summed E-state index contributed by atoms with van der Waals surface area (Å²) in [5.74, 6) is -0.140. The van der Waals surface area contributed by atoms with Crippen LogP contribution in [0.5, 0.6) is 0 Å². The lowest BCUT2D eigenvalue weighted by Gasteiger charge is -2.23. The van der Waals surface area contributed by atoms with Gasteiger partial charge in [-0.15, -0.1) is 12.4 Å². The average Bonchev–Trinajstić information content (AvgIpc) is 2.95. The third-order valence-corrected chi connectivity index (χ3v) is 3.35. The first-order valence-corrected chi connectivity index (χ1v) is 6.99. The zero-order valence-electron chi connectivity index (χ0n) is 12.3. The van der Waals surface area contributed by atoms with Crippen LogP contribution in [-0.2, 0) is 9.53 Å². The Kier molecular flexibility index (Phi) is 5.54. The molecule has 1 amide bonds. The van der Waals surface area contributed by atoms with Gasteiger partial charge in [-0.2, -0.15) is 5.10 Å². The van der Waals surface area contributed by atoms with Crippen molar-refractivity contribution >= 4 is 24.0 Å². The van der Waals surface area contributed by atoms with E-state index in [0.29, 0.717) is 13.2 Å². The van der Waals surface area contributed by atoms with E-state index in [0.717, 1.165) is 23.6 Å². The molecule has 3 rings (SSSR count).